The summed E-state index contributed by atoms with van der Waals surface area (Å²) >= 11 is 0. The lowest BCUT2D eigenvalue weighted by Gasteiger charge is -2.25. The van der Waals surface area contributed by atoms with Crippen LogP contribution in [0.2, 0.25) is 0 Å². The largest absolute Gasteiger partial charge is 0.395 e. The molecule has 4 nitrogen and oxygen atoms in total. The average Bonchev–Trinajstić information content (AvgIpc) is 2.22. The number of sulfonamides is 1. The number of hydrogen-bond acceptors (Lipinski definition) is 3. The lowest BCUT2D eigenvalue weighted by molar-refractivity contribution is 0.235. The summed E-state index contributed by atoms with van der Waals surface area (Å²) in [5.74, 6) is -4.20. The Morgan fingerprint density at radius 2 is 1.68 bits per heavy atom. The van der Waals surface area contributed by atoms with Gasteiger partial charge in [0.15, 0.2) is 4.90 Å². The summed E-state index contributed by atoms with van der Waals surface area (Å²) < 4.78 is 64.8. The number of aliphatic hydroxyl groups excluding tert-OH is 1. The zero-order valence-corrected chi connectivity index (χ0v) is 11.2. The molecule has 0 radical (unpaired) electrons. The van der Waals surface area contributed by atoms with Crippen molar-refractivity contribution in [2.75, 3.05) is 13.2 Å². The van der Waals surface area contributed by atoms with Crippen molar-refractivity contribution in [1.29, 1.82) is 0 Å². The first kappa shape index (κ1) is 15.9. The van der Waals surface area contributed by atoms with E-state index in [1.54, 1.807) is 0 Å². The van der Waals surface area contributed by atoms with Crippen molar-refractivity contribution in [2.24, 2.45) is 0 Å². The van der Waals surface area contributed by atoms with Crippen molar-refractivity contribution >= 4 is 10.0 Å². The normalized spacial score (nSPS) is 12.4. The molecule has 8 heteroatoms. The molecule has 0 unspecified atom stereocenters. The minimum absolute atomic E-state index is 0.299. The van der Waals surface area contributed by atoms with Crippen molar-refractivity contribution < 1.29 is 26.7 Å². The third-order valence-electron chi connectivity index (χ3n) is 2.43. The highest BCUT2D eigenvalue weighted by Crippen LogP contribution is 2.24. The van der Waals surface area contributed by atoms with Gasteiger partial charge in [-0.15, -0.1) is 0 Å². The predicted molar refractivity (Wildman–Crippen MR) is 62.4 cm³/mol. The Labute approximate surface area is 109 Å². The second kappa shape index (κ2) is 5.89. The van der Waals surface area contributed by atoms with Crippen molar-refractivity contribution in [3.63, 3.8) is 0 Å². The number of halogens is 3. The molecule has 0 aliphatic heterocycles. The summed E-state index contributed by atoms with van der Waals surface area (Å²) in [4.78, 5) is -1.21. The van der Waals surface area contributed by atoms with Crippen molar-refractivity contribution in [2.45, 2.75) is 24.8 Å². The third-order valence-corrected chi connectivity index (χ3v) is 4.55. The first-order valence-electron chi connectivity index (χ1n) is 5.49. The van der Waals surface area contributed by atoms with Crippen LogP contribution >= 0.6 is 0 Å². The summed E-state index contributed by atoms with van der Waals surface area (Å²) in [5.41, 5.74) is 0. The van der Waals surface area contributed by atoms with Crippen LogP contribution in [0.5, 0.6) is 0 Å². The van der Waals surface area contributed by atoms with Crippen LogP contribution in [0.1, 0.15) is 13.8 Å². The van der Waals surface area contributed by atoms with Crippen molar-refractivity contribution in [3.8, 4) is 0 Å². The van der Waals surface area contributed by atoms with Crippen molar-refractivity contribution in [1.82, 2.24) is 4.31 Å². The number of benzene rings is 1. The van der Waals surface area contributed by atoms with Crippen LogP contribution in [0.3, 0.4) is 0 Å². The SMILES string of the molecule is CC(C)N(CCO)S(=O)(=O)c1c(F)cc(F)cc1F. The lowest BCUT2D eigenvalue weighted by atomic mass is 10.3. The molecule has 0 bridgehead atoms. The van der Waals surface area contributed by atoms with Gasteiger partial charge < -0.3 is 5.11 Å². The summed E-state index contributed by atoms with van der Waals surface area (Å²) in [5, 5.41) is 8.82. The minimum Gasteiger partial charge on any atom is -0.395 e. The van der Waals surface area contributed by atoms with Gasteiger partial charge in [-0.2, -0.15) is 4.31 Å². The molecule has 0 aliphatic rings. The molecule has 0 fully saturated rings. The molecule has 0 aliphatic carbocycles. The molecule has 1 N–H and O–H groups in total. The molecule has 0 saturated heterocycles. The second-order valence-corrected chi connectivity index (χ2v) is 5.96. The molecule has 0 atom stereocenters. The van der Waals surface area contributed by atoms with Crippen LogP contribution < -0.4 is 0 Å². The van der Waals surface area contributed by atoms with E-state index >= 15 is 0 Å². The van der Waals surface area contributed by atoms with Gasteiger partial charge >= 0.3 is 0 Å². The van der Waals surface area contributed by atoms with E-state index in [0.29, 0.717) is 12.1 Å². The quantitative estimate of drug-likeness (QED) is 0.896. The molecule has 108 valence electrons. The Morgan fingerprint density at radius 1 is 1.21 bits per heavy atom. The average molecular weight is 297 g/mol. The Bertz CT molecular complexity index is 537. The molecular weight excluding hydrogens is 283 g/mol. The van der Waals surface area contributed by atoms with Gasteiger partial charge in [0.25, 0.3) is 0 Å². The van der Waals surface area contributed by atoms with Gasteiger partial charge in [-0.3, -0.25) is 0 Å². The fourth-order valence-electron chi connectivity index (χ4n) is 1.65. The fraction of sp³-hybridized carbons (Fsp3) is 0.455. The number of hydrogen-bond donors (Lipinski definition) is 1. The zero-order chi connectivity index (χ0) is 14.8. The van der Waals surface area contributed by atoms with Gasteiger partial charge in [-0.25, -0.2) is 21.6 Å². The second-order valence-electron chi connectivity index (χ2n) is 4.13. The zero-order valence-electron chi connectivity index (χ0n) is 10.4. The number of nitrogens with zero attached hydrogens (tertiary/aromatic N) is 1. The lowest BCUT2D eigenvalue weighted by Crippen LogP contribution is -2.39. The highest BCUT2D eigenvalue weighted by atomic mass is 32.2. The number of rotatable bonds is 5. The third kappa shape index (κ3) is 3.26. The van der Waals surface area contributed by atoms with Crippen LogP contribution in [0.25, 0.3) is 0 Å². The molecule has 1 rings (SSSR count). The van der Waals surface area contributed by atoms with Crippen LogP contribution in [-0.4, -0.2) is 37.0 Å². The van der Waals surface area contributed by atoms with E-state index in [2.05, 4.69) is 0 Å². The molecule has 0 aromatic heterocycles. The molecule has 0 heterocycles. The van der Waals surface area contributed by atoms with Gasteiger partial charge in [0.2, 0.25) is 10.0 Å². The molecule has 0 saturated carbocycles. The standard InChI is InChI=1S/C11H14F3NO3S/c1-7(2)15(3-4-16)19(17,18)11-9(13)5-8(12)6-10(11)14/h5-7,16H,3-4H2,1-2H3. The van der Waals surface area contributed by atoms with Crippen molar-refractivity contribution in [3.05, 3.63) is 29.6 Å². The molecule has 19 heavy (non-hydrogen) atoms. The molecule has 0 spiro atoms. The van der Waals surface area contributed by atoms with Gasteiger partial charge in [-0.05, 0) is 13.8 Å². The van der Waals surface area contributed by atoms with Gasteiger partial charge in [0, 0.05) is 24.7 Å². The molecule has 1 aromatic rings. The van der Waals surface area contributed by atoms with Crippen LogP contribution in [0.4, 0.5) is 13.2 Å². The summed E-state index contributed by atoms with van der Waals surface area (Å²) in [6, 6.07) is -0.0121. The maximum Gasteiger partial charge on any atom is 0.249 e. The Balaban J connectivity index is 3.42. The highest BCUT2D eigenvalue weighted by Gasteiger charge is 2.32. The Kier molecular flexibility index (Phi) is 4.94. The monoisotopic (exact) mass is 297 g/mol. The first-order chi connectivity index (χ1) is 8.71. The summed E-state index contributed by atoms with van der Waals surface area (Å²) in [6.45, 7) is 2.18. The van der Waals surface area contributed by atoms with E-state index in [0.717, 1.165) is 4.31 Å². The topological polar surface area (TPSA) is 57.6 Å². The molecular formula is C11H14F3NO3S. The van der Waals surface area contributed by atoms with Gasteiger partial charge in [-0.1, -0.05) is 0 Å². The summed E-state index contributed by atoms with van der Waals surface area (Å²) in [7, 11) is -4.48. The van der Waals surface area contributed by atoms with E-state index in [4.69, 9.17) is 5.11 Å². The smallest absolute Gasteiger partial charge is 0.249 e. The predicted octanol–water partition coefficient (Wildman–Crippen LogP) is 1.50. The minimum atomic E-state index is -4.48. The van der Waals surface area contributed by atoms with E-state index in [1.807, 2.05) is 0 Å². The van der Waals surface area contributed by atoms with E-state index in [9.17, 15) is 21.6 Å². The maximum absolute atomic E-state index is 13.5. The van der Waals surface area contributed by atoms with Crippen LogP contribution in [-0.2, 0) is 10.0 Å². The summed E-state index contributed by atoms with van der Waals surface area (Å²) in [6.07, 6.45) is 0. The van der Waals surface area contributed by atoms with Crippen LogP contribution in [0, 0.1) is 17.5 Å². The molecule has 1 aromatic carbocycles. The van der Waals surface area contributed by atoms with E-state index in [1.165, 1.54) is 13.8 Å². The highest BCUT2D eigenvalue weighted by molar-refractivity contribution is 7.89. The van der Waals surface area contributed by atoms with Gasteiger partial charge in [0.05, 0.1) is 6.61 Å². The molecule has 0 amide bonds. The fourth-order valence-corrected chi connectivity index (χ4v) is 3.37. The van der Waals surface area contributed by atoms with E-state index in [-0.39, 0.29) is 6.54 Å². The Morgan fingerprint density at radius 3 is 2.05 bits per heavy atom. The van der Waals surface area contributed by atoms with E-state index < -0.39 is 45.0 Å². The number of aliphatic hydroxyl groups is 1. The van der Waals surface area contributed by atoms with Crippen LogP contribution in [0.15, 0.2) is 17.0 Å². The first-order valence-corrected chi connectivity index (χ1v) is 6.93. The Hall–Kier alpha value is -1.12. The maximum atomic E-state index is 13.5. The van der Waals surface area contributed by atoms with Gasteiger partial charge in [0.1, 0.15) is 17.5 Å².